The minimum Gasteiger partial charge on any atom is -0.464 e. The Morgan fingerprint density at radius 3 is 2.60 bits per heavy atom. The lowest BCUT2D eigenvalue weighted by Gasteiger charge is -2.34. The topological polar surface area (TPSA) is 55.6 Å². The molecule has 1 unspecified atom stereocenters. The number of likely N-dealkylation sites (tertiary alicyclic amines) is 1. The van der Waals surface area contributed by atoms with Crippen LogP contribution < -0.4 is 5.73 Å². The summed E-state index contributed by atoms with van der Waals surface area (Å²) in [7, 11) is 0. The van der Waals surface area contributed by atoms with Gasteiger partial charge in [0.2, 0.25) is 0 Å². The summed E-state index contributed by atoms with van der Waals surface area (Å²) >= 11 is 0. The standard InChI is InChI=1S/C11H20N2O2/c12-5-1-9-2-6-13(7-3-9)10-4-8-15-11(10)14/h9-10H,1-8,12H2. The minimum absolute atomic E-state index is 0.0210. The second-order valence-corrected chi connectivity index (χ2v) is 4.53. The molecular weight excluding hydrogens is 192 g/mol. The van der Waals surface area contributed by atoms with Crippen molar-refractivity contribution in [2.75, 3.05) is 26.2 Å². The summed E-state index contributed by atoms with van der Waals surface area (Å²) in [5.41, 5.74) is 5.55. The van der Waals surface area contributed by atoms with E-state index in [1.54, 1.807) is 0 Å². The Morgan fingerprint density at radius 1 is 1.33 bits per heavy atom. The zero-order valence-electron chi connectivity index (χ0n) is 9.15. The third kappa shape index (κ3) is 2.49. The molecule has 0 bridgehead atoms. The van der Waals surface area contributed by atoms with Crippen molar-refractivity contribution in [3.63, 3.8) is 0 Å². The molecule has 2 aliphatic heterocycles. The van der Waals surface area contributed by atoms with Crippen LogP contribution >= 0.6 is 0 Å². The second-order valence-electron chi connectivity index (χ2n) is 4.53. The molecule has 4 nitrogen and oxygen atoms in total. The fourth-order valence-corrected chi connectivity index (χ4v) is 2.61. The molecule has 15 heavy (non-hydrogen) atoms. The number of hydrogen-bond donors (Lipinski definition) is 1. The summed E-state index contributed by atoms with van der Waals surface area (Å²) in [6, 6.07) is 0.0452. The summed E-state index contributed by atoms with van der Waals surface area (Å²) in [5.74, 6) is 0.746. The summed E-state index contributed by atoms with van der Waals surface area (Å²) in [4.78, 5) is 13.7. The first-order valence-electron chi connectivity index (χ1n) is 5.92. The first-order chi connectivity index (χ1) is 7.31. The van der Waals surface area contributed by atoms with E-state index in [0.717, 1.165) is 38.4 Å². The zero-order chi connectivity index (χ0) is 10.7. The van der Waals surface area contributed by atoms with Crippen molar-refractivity contribution in [3.05, 3.63) is 0 Å². The molecule has 0 aromatic heterocycles. The van der Waals surface area contributed by atoms with Gasteiger partial charge in [0.25, 0.3) is 0 Å². The molecule has 0 aliphatic carbocycles. The van der Waals surface area contributed by atoms with E-state index in [-0.39, 0.29) is 12.0 Å². The molecule has 2 heterocycles. The van der Waals surface area contributed by atoms with Crippen molar-refractivity contribution in [1.29, 1.82) is 0 Å². The fourth-order valence-electron chi connectivity index (χ4n) is 2.61. The van der Waals surface area contributed by atoms with E-state index in [4.69, 9.17) is 10.5 Å². The van der Waals surface area contributed by atoms with Gasteiger partial charge < -0.3 is 10.5 Å². The van der Waals surface area contributed by atoms with Crippen molar-refractivity contribution in [1.82, 2.24) is 4.90 Å². The first kappa shape index (κ1) is 10.9. The van der Waals surface area contributed by atoms with Gasteiger partial charge in [0, 0.05) is 6.42 Å². The molecule has 2 saturated heterocycles. The van der Waals surface area contributed by atoms with E-state index in [1.165, 1.54) is 12.8 Å². The normalized spacial score (nSPS) is 29.4. The van der Waals surface area contributed by atoms with Crippen LogP contribution in [0, 0.1) is 5.92 Å². The number of cyclic esters (lactones) is 1. The van der Waals surface area contributed by atoms with Gasteiger partial charge in [0.15, 0.2) is 0 Å². The molecule has 0 spiro atoms. The molecule has 2 fully saturated rings. The van der Waals surface area contributed by atoms with Crippen molar-refractivity contribution in [2.24, 2.45) is 11.7 Å². The molecule has 0 aromatic rings. The third-order valence-corrected chi connectivity index (χ3v) is 3.57. The van der Waals surface area contributed by atoms with Crippen LogP contribution in [0.4, 0.5) is 0 Å². The van der Waals surface area contributed by atoms with E-state index in [0.29, 0.717) is 6.61 Å². The summed E-state index contributed by atoms with van der Waals surface area (Å²) in [5, 5.41) is 0. The predicted molar refractivity (Wildman–Crippen MR) is 57.3 cm³/mol. The van der Waals surface area contributed by atoms with E-state index in [9.17, 15) is 4.79 Å². The van der Waals surface area contributed by atoms with Gasteiger partial charge in [-0.25, -0.2) is 0 Å². The number of rotatable bonds is 3. The highest BCUT2D eigenvalue weighted by atomic mass is 16.5. The number of esters is 1. The number of ether oxygens (including phenoxy) is 1. The Balaban J connectivity index is 1.80. The number of nitrogens with two attached hydrogens (primary N) is 1. The highest BCUT2D eigenvalue weighted by Crippen LogP contribution is 2.24. The number of nitrogens with zero attached hydrogens (tertiary/aromatic N) is 1. The molecule has 0 radical (unpaired) electrons. The van der Waals surface area contributed by atoms with Crippen molar-refractivity contribution < 1.29 is 9.53 Å². The lowest BCUT2D eigenvalue weighted by molar-refractivity contribution is -0.142. The molecule has 0 amide bonds. The van der Waals surface area contributed by atoms with Crippen molar-refractivity contribution in [2.45, 2.75) is 31.7 Å². The summed E-state index contributed by atoms with van der Waals surface area (Å²) in [6.07, 6.45) is 4.37. The Bertz CT molecular complexity index is 225. The van der Waals surface area contributed by atoms with Gasteiger partial charge in [-0.1, -0.05) is 0 Å². The third-order valence-electron chi connectivity index (χ3n) is 3.57. The highest BCUT2D eigenvalue weighted by Gasteiger charge is 2.34. The number of carbonyl (C=O) groups is 1. The lowest BCUT2D eigenvalue weighted by Crippen LogP contribution is -2.43. The van der Waals surface area contributed by atoms with Crippen LogP contribution in [0.5, 0.6) is 0 Å². The van der Waals surface area contributed by atoms with E-state index >= 15 is 0 Å². The number of carbonyl (C=O) groups excluding carboxylic acids is 1. The molecule has 0 saturated carbocycles. The van der Waals surface area contributed by atoms with Crippen LogP contribution in [-0.4, -0.2) is 43.2 Å². The number of hydrogen-bond acceptors (Lipinski definition) is 4. The van der Waals surface area contributed by atoms with Crippen LogP contribution in [0.25, 0.3) is 0 Å². The van der Waals surface area contributed by atoms with E-state index in [2.05, 4.69) is 4.90 Å². The Hall–Kier alpha value is -0.610. The molecule has 2 aliphatic rings. The maximum absolute atomic E-state index is 11.4. The van der Waals surface area contributed by atoms with Crippen molar-refractivity contribution in [3.8, 4) is 0 Å². The largest absolute Gasteiger partial charge is 0.464 e. The maximum atomic E-state index is 11.4. The smallest absolute Gasteiger partial charge is 0.323 e. The van der Waals surface area contributed by atoms with Crippen LogP contribution in [0.3, 0.4) is 0 Å². The maximum Gasteiger partial charge on any atom is 0.323 e. The van der Waals surface area contributed by atoms with Crippen LogP contribution in [0.15, 0.2) is 0 Å². The molecule has 86 valence electrons. The van der Waals surface area contributed by atoms with Gasteiger partial charge in [-0.05, 0) is 44.8 Å². The zero-order valence-corrected chi connectivity index (χ0v) is 9.15. The summed E-state index contributed by atoms with van der Waals surface area (Å²) < 4.78 is 4.99. The van der Waals surface area contributed by atoms with Gasteiger partial charge in [0.05, 0.1) is 6.61 Å². The van der Waals surface area contributed by atoms with Gasteiger partial charge in [-0.15, -0.1) is 0 Å². The first-order valence-corrected chi connectivity index (χ1v) is 5.92. The minimum atomic E-state index is -0.0210. The average molecular weight is 212 g/mol. The molecule has 2 rings (SSSR count). The number of piperidine rings is 1. The fraction of sp³-hybridized carbons (Fsp3) is 0.909. The Morgan fingerprint density at radius 2 is 2.07 bits per heavy atom. The van der Waals surface area contributed by atoms with Gasteiger partial charge >= 0.3 is 5.97 Å². The van der Waals surface area contributed by atoms with Crippen LogP contribution in [-0.2, 0) is 9.53 Å². The lowest BCUT2D eigenvalue weighted by atomic mass is 9.92. The van der Waals surface area contributed by atoms with Gasteiger partial charge in [-0.3, -0.25) is 9.69 Å². The quantitative estimate of drug-likeness (QED) is 0.686. The van der Waals surface area contributed by atoms with E-state index in [1.807, 2.05) is 0 Å². The van der Waals surface area contributed by atoms with Crippen LogP contribution in [0.2, 0.25) is 0 Å². The van der Waals surface area contributed by atoms with Crippen LogP contribution in [0.1, 0.15) is 25.7 Å². The van der Waals surface area contributed by atoms with Crippen molar-refractivity contribution >= 4 is 5.97 Å². The predicted octanol–water partition coefficient (Wildman–Crippen LogP) is 0.363. The Labute approximate surface area is 90.8 Å². The SMILES string of the molecule is NCCC1CCN(C2CCOC2=O)CC1. The van der Waals surface area contributed by atoms with Gasteiger partial charge in [-0.2, -0.15) is 0 Å². The molecule has 2 N–H and O–H groups in total. The molecular formula is C11H20N2O2. The monoisotopic (exact) mass is 212 g/mol. The Kier molecular flexibility index (Phi) is 3.59. The van der Waals surface area contributed by atoms with E-state index < -0.39 is 0 Å². The highest BCUT2D eigenvalue weighted by molar-refractivity contribution is 5.77. The summed E-state index contributed by atoms with van der Waals surface area (Å²) in [6.45, 7) is 3.46. The second kappa shape index (κ2) is 4.94. The average Bonchev–Trinajstić information content (AvgIpc) is 2.66. The molecule has 4 heteroatoms. The molecule has 1 atom stereocenters. The van der Waals surface area contributed by atoms with Gasteiger partial charge in [0.1, 0.15) is 6.04 Å². The molecule has 0 aromatic carbocycles.